The normalized spacial score (nSPS) is 10.1. The van der Waals surface area contributed by atoms with Gasteiger partial charge in [0.05, 0.1) is 22.3 Å². The van der Waals surface area contributed by atoms with Gasteiger partial charge in [0.1, 0.15) is 53.1 Å². The molecule has 0 spiro atoms. The Hall–Kier alpha value is -5.51. The Labute approximate surface area is 156 Å². The predicted octanol–water partition coefficient (Wildman–Crippen LogP) is 1.41. The van der Waals surface area contributed by atoms with Crippen molar-refractivity contribution in [3.05, 3.63) is 39.2 Å². The highest BCUT2D eigenvalue weighted by Crippen LogP contribution is 2.32. The fourth-order valence-electron chi connectivity index (χ4n) is 2.72. The van der Waals surface area contributed by atoms with Crippen LogP contribution in [0.5, 0.6) is 0 Å². The van der Waals surface area contributed by atoms with Gasteiger partial charge in [0.2, 0.25) is 0 Å². The van der Waals surface area contributed by atoms with Crippen LogP contribution in [-0.4, -0.2) is 20.2 Å². The van der Waals surface area contributed by atoms with Crippen molar-refractivity contribution >= 4 is 28.8 Å². The minimum absolute atomic E-state index is 0.0102. The zero-order valence-electron chi connectivity index (χ0n) is 13.6. The van der Waals surface area contributed by atoms with Crippen LogP contribution in [0.2, 0.25) is 0 Å². The molecule has 3 rings (SSSR count). The summed E-state index contributed by atoms with van der Waals surface area (Å²) in [5.74, 6) is 1.84. The van der Waals surface area contributed by atoms with Crippen molar-refractivity contribution < 1.29 is 0 Å². The molecule has 0 bridgehead atoms. The fraction of sp³-hybridized carbons (Fsp3) is 0. The molecule has 3 aromatic heterocycles. The van der Waals surface area contributed by atoms with Gasteiger partial charge in [0, 0.05) is 0 Å². The summed E-state index contributed by atoms with van der Waals surface area (Å²) in [5, 5.41) is 63.1. The molecule has 0 unspecified atom stereocenters. The van der Waals surface area contributed by atoms with Crippen molar-refractivity contribution in [1.82, 2.24) is 14.4 Å². The number of nitrogens with one attached hydrogen (secondary N) is 1. The van der Waals surface area contributed by atoms with E-state index in [4.69, 9.17) is 10.7 Å². The summed E-state index contributed by atoms with van der Waals surface area (Å²) >= 11 is 0. The zero-order valence-corrected chi connectivity index (χ0v) is 13.6. The molecule has 3 heterocycles. The number of imidazole rings is 1. The Balaban J connectivity index is 2.62. The first-order chi connectivity index (χ1) is 13.6. The summed E-state index contributed by atoms with van der Waals surface area (Å²) in [7, 11) is 0. The lowest BCUT2D eigenvalue weighted by atomic mass is 10.1. The number of nitriles is 6. The SMILES string of the molecule is N#CC(=C=N)/C(C#N)=C\c1nc2c(C#N)c(C#N)nc3c(C#N)c(C#N)c1n23. The van der Waals surface area contributed by atoms with E-state index in [0.29, 0.717) is 0 Å². The fourth-order valence-corrected chi connectivity index (χ4v) is 2.72. The second-order valence-corrected chi connectivity index (χ2v) is 5.14. The minimum Gasteiger partial charge on any atom is -0.273 e. The Morgan fingerprint density at radius 2 is 1.46 bits per heavy atom. The predicted molar refractivity (Wildman–Crippen MR) is 91.0 cm³/mol. The topological polar surface area (TPSA) is 197 Å². The zero-order chi connectivity index (χ0) is 20.4. The highest BCUT2D eigenvalue weighted by Gasteiger charge is 2.27. The van der Waals surface area contributed by atoms with Gasteiger partial charge in [-0.25, -0.2) is 9.97 Å². The minimum atomic E-state index is -0.357. The van der Waals surface area contributed by atoms with Crippen LogP contribution < -0.4 is 0 Å². The molecule has 0 aliphatic heterocycles. The Morgan fingerprint density at radius 3 is 1.96 bits per heavy atom. The number of allylic oxidation sites excluding steroid dienone is 2. The molecule has 124 valence electrons. The first-order valence-electron chi connectivity index (χ1n) is 7.23. The van der Waals surface area contributed by atoms with Crippen molar-refractivity contribution in [2.75, 3.05) is 0 Å². The molecule has 0 amide bonds. The van der Waals surface area contributed by atoms with Gasteiger partial charge in [0.15, 0.2) is 17.0 Å². The quantitative estimate of drug-likeness (QED) is 0.402. The summed E-state index contributed by atoms with van der Waals surface area (Å²) in [6, 6.07) is 10.7. The molecule has 0 aliphatic rings. The van der Waals surface area contributed by atoms with Gasteiger partial charge in [-0.2, -0.15) is 31.6 Å². The Morgan fingerprint density at radius 1 is 0.821 bits per heavy atom. The Bertz CT molecular complexity index is 1520. The molecule has 0 fully saturated rings. The van der Waals surface area contributed by atoms with Gasteiger partial charge in [-0.1, -0.05) is 0 Å². The number of rotatable bonds is 2. The molecule has 0 aromatic carbocycles. The molecule has 0 saturated carbocycles. The van der Waals surface area contributed by atoms with E-state index >= 15 is 0 Å². The molecule has 28 heavy (non-hydrogen) atoms. The number of hydrogen-bond donors (Lipinski definition) is 1. The van der Waals surface area contributed by atoms with Gasteiger partial charge >= 0.3 is 0 Å². The van der Waals surface area contributed by atoms with Gasteiger partial charge in [0.25, 0.3) is 0 Å². The molecular weight excluding hydrogens is 356 g/mol. The van der Waals surface area contributed by atoms with Crippen molar-refractivity contribution in [3.63, 3.8) is 0 Å². The van der Waals surface area contributed by atoms with Crippen LogP contribution in [0.25, 0.3) is 22.9 Å². The maximum atomic E-state index is 9.54. The lowest BCUT2D eigenvalue weighted by molar-refractivity contribution is 1.16. The van der Waals surface area contributed by atoms with Crippen LogP contribution >= 0.6 is 0 Å². The van der Waals surface area contributed by atoms with Crippen molar-refractivity contribution in [2.45, 2.75) is 0 Å². The van der Waals surface area contributed by atoms with Crippen molar-refractivity contribution in [3.8, 4) is 36.4 Å². The molecule has 10 heteroatoms. The molecule has 1 N–H and O–H groups in total. The molecule has 0 atom stereocenters. The molecule has 0 aliphatic carbocycles. The second-order valence-electron chi connectivity index (χ2n) is 5.14. The lowest BCUT2D eigenvalue weighted by Gasteiger charge is -1.98. The third-order valence-corrected chi connectivity index (χ3v) is 3.85. The monoisotopic (exact) mass is 358 g/mol. The highest BCUT2D eigenvalue weighted by molar-refractivity contribution is 5.92. The second kappa shape index (κ2) is 6.42. The smallest absolute Gasteiger partial charge is 0.164 e. The van der Waals surface area contributed by atoms with E-state index in [0.717, 1.165) is 6.08 Å². The van der Waals surface area contributed by atoms with E-state index < -0.39 is 0 Å². The van der Waals surface area contributed by atoms with Crippen LogP contribution in [0.1, 0.15) is 28.1 Å². The van der Waals surface area contributed by atoms with Crippen LogP contribution in [-0.2, 0) is 0 Å². The first-order valence-corrected chi connectivity index (χ1v) is 7.23. The highest BCUT2D eigenvalue weighted by atomic mass is 15.1. The summed E-state index contributed by atoms with van der Waals surface area (Å²) in [6.07, 6.45) is 1.15. The average molecular weight is 358 g/mol. The van der Waals surface area contributed by atoms with Gasteiger partial charge in [-0.05, 0) is 11.9 Å². The van der Waals surface area contributed by atoms with E-state index in [2.05, 4.69) is 9.97 Å². The maximum Gasteiger partial charge on any atom is 0.164 e. The van der Waals surface area contributed by atoms with Gasteiger partial charge in [-0.15, -0.1) is 0 Å². The van der Waals surface area contributed by atoms with E-state index in [9.17, 15) is 26.3 Å². The summed E-state index contributed by atoms with van der Waals surface area (Å²) < 4.78 is 1.29. The molecule has 0 radical (unpaired) electrons. The van der Waals surface area contributed by atoms with Crippen LogP contribution in [0.15, 0.2) is 11.1 Å². The van der Waals surface area contributed by atoms with Crippen molar-refractivity contribution in [2.24, 2.45) is 0 Å². The third kappa shape index (κ3) is 2.13. The average Bonchev–Trinajstić information content (AvgIpc) is 3.25. The number of aromatic nitrogens is 3. The molecule has 10 nitrogen and oxygen atoms in total. The summed E-state index contributed by atoms with van der Waals surface area (Å²) in [5.41, 5.74) is -1.15. The van der Waals surface area contributed by atoms with E-state index in [-0.39, 0.29) is 56.0 Å². The van der Waals surface area contributed by atoms with Crippen LogP contribution in [0.4, 0.5) is 0 Å². The summed E-state index contributed by atoms with van der Waals surface area (Å²) in [4.78, 5) is 8.24. The van der Waals surface area contributed by atoms with E-state index in [1.54, 1.807) is 18.2 Å². The van der Waals surface area contributed by atoms with Crippen molar-refractivity contribution in [1.29, 1.82) is 37.0 Å². The third-order valence-electron chi connectivity index (χ3n) is 3.85. The number of nitrogens with zero attached hydrogens (tertiary/aromatic N) is 9. The van der Waals surface area contributed by atoms with Gasteiger partial charge in [-0.3, -0.25) is 9.81 Å². The molecule has 0 saturated heterocycles. The first kappa shape index (κ1) is 17.3. The molecular formula is C18H2N10. The largest absolute Gasteiger partial charge is 0.273 e. The summed E-state index contributed by atoms with van der Waals surface area (Å²) in [6.45, 7) is 0. The van der Waals surface area contributed by atoms with E-state index in [1.807, 2.05) is 24.1 Å². The van der Waals surface area contributed by atoms with Gasteiger partial charge < -0.3 is 0 Å². The maximum absolute atomic E-state index is 9.54. The van der Waals surface area contributed by atoms with Crippen LogP contribution in [0, 0.1) is 73.4 Å². The Kier molecular flexibility index (Phi) is 3.97. The number of hydrogen-bond acceptors (Lipinski definition) is 9. The standard InChI is InChI=1S/C18H2N10/c19-2-9(10(3-20)4-21)1-14-16-11(5-22)12(6-23)17-27-15(8-25)13(7-24)18(26-14)28(16)17/h1,20H/b9-1-. The lowest BCUT2D eigenvalue weighted by Crippen LogP contribution is -1.98. The van der Waals surface area contributed by atoms with E-state index in [1.165, 1.54) is 4.40 Å². The molecule has 3 aromatic rings. The van der Waals surface area contributed by atoms with Crippen LogP contribution in [0.3, 0.4) is 0 Å².